The van der Waals surface area contributed by atoms with Gasteiger partial charge in [-0.25, -0.2) is 4.79 Å². The maximum Gasteiger partial charge on any atom is 0.371 e. The van der Waals surface area contributed by atoms with Gasteiger partial charge >= 0.3 is 5.97 Å². The van der Waals surface area contributed by atoms with Gasteiger partial charge in [-0.2, -0.15) is 0 Å². The molecule has 1 aromatic heterocycles. The summed E-state index contributed by atoms with van der Waals surface area (Å²) in [5.74, 6) is -0.614. The molecule has 0 bridgehead atoms. The Morgan fingerprint density at radius 3 is 2.33 bits per heavy atom. The first-order valence-corrected chi connectivity index (χ1v) is 6.69. The van der Waals surface area contributed by atoms with Crippen LogP contribution in [0.2, 0.25) is 0 Å². The van der Waals surface area contributed by atoms with Crippen molar-refractivity contribution in [2.24, 2.45) is 5.92 Å². The molecule has 100 valence electrons. The van der Waals surface area contributed by atoms with Crippen LogP contribution in [0.1, 0.15) is 67.4 Å². The van der Waals surface area contributed by atoms with Gasteiger partial charge in [-0.1, -0.05) is 32.1 Å². The molecule has 1 saturated carbocycles. The zero-order chi connectivity index (χ0) is 13.0. The van der Waals surface area contributed by atoms with Crippen molar-refractivity contribution in [1.29, 1.82) is 0 Å². The molecule has 0 spiro atoms. The van der Waals surface area contributed by atoms with Crippen molar-refractivity contribution in [2.45, 2.75) is 51.0 Å². The van der Waals surface area contributed by atoms with Crippen LogP contribution < -0.4 is 0 Å². The van der Waals surface area contributed by atoms with E-state index in [0.717, 1.165) is 25.7 Å². The van der Waals surface area contributed by atoms with E-state index in [4.69, 9.17) is 9.52 Å². The van der Waals surface area contributed by atoms with Gasteiger partial charge in [0.2, 0.25) is 5.76 Å². The lowest BCUT2D eigenvalue weighted by atomic mass is 9.86. The molecule has 0 saturated heterocycles. The highest BCUT2D eigenvalue weighted by atomic mass is 16.4. The predicted octanol–water partition coefficient (Wildman–Crippen LogP) is 3.37. The van der Waals surface area contributed by atoms with Gasteiger partial charge in [-0.15, -0.1) is 0 Å². The lowest BCUT2D eigenvalue weighted by Crippen LogP contribution is -2.13. The molecule has 0 aromatic carbocycles. The molecule has 1 aliphatic carbocycles. The van der Waals surface area contributed by atoms with Crippen molar-refractivity contribution >= 4 is 5.97 Å². The third-order valence-corrected chi connectivity index (χ3v) is 3.73. The number of hydrogen-bond donors (Lipinski definition) is 2. The average Bonchev–Trinajstić information content (AvgIpc) is 2.77. The lowest BCUT2D eigenvalue weighted by Gasteiger charge is -2.23. The van der Waals surface area contributed by atoms with Crippen molar-refractivity contribution in [3.63, 3.8) is 0 Å². The largest absolute Gasteiger partial charge is 0.475 e. The van der Waals surface area contributed by atoms with E-state index in [2.05, 4.69) is 0 Å². The van der Waals surface area contributed by atoms with E-state index in [-0.39, 0.29) is 11.7 Å². The number of hydrogen-bond acceptors (Lipinski definition) is 3. The van der Waals surface area contributed by atoms with Crippen molar-refractivity contribution < 1.29 is 19.4 Å². The minimum Gasteiger partial charge on any atom is -0.475 e. The smallest absolute Gasteiger partial charge is 0.371 e. The maximum atomic E-state index is 10.7. The van der Waals surface area contributed by atoms with E-state index in [9.17, 15) is 9.90 Å². The number of rotatable bonds is 3. The van der Waals surface area contributed by atoms with Crippen LogP contribution in [0.3, 0.4) is 0 Å². The van der Waals surface area contributed by atoms with E-state index < -0.39 is 12.1 Å². The van der Waals surface area contributed by atoms with Crippen LogP contribution in [0.25, 0.3) is 0 Å². The van der Waals surface area contributed by atoms with Gasteiger partial charge in [0.1, 0.15) is 11.9 Å². The molecule has 4 nitrogen and oxygen atoms in total. The van der Waals surface area contributed by atoms with Crippen LogP contribution in [0.15, 0.2) is 16.5 Å². The third kappa shape index (κ3) is 3.13. The molecule has 1 aromatic rings. The Bertz CT molecular complexity index is 388. The zero-order valence-electron chi connectivity index (χ0n) is 10.5. The van der Waals surface area contributed by atoms with Crippen LogP contribution in [-0.4, -0.2) is 16.2 Å². The first-order valence-electron chi connectivity index (χ1n) is 6.69. The van der Waals surface area contributed by atoms with Crippen LogP contribution in [0.4, 0.5) is 0 Å². The quantitative estimate of drug-likeness (QED) is 0.865. The fourth-order valence-electron chi connectivity index (χ4n) is 2.66. The molecule has 18 heavy (non-hydrogen) atoms. The Balaban J connectivity index is 2.03. The summed E-state index contributed by atoms with van der Waals surface area (Å²) in [6.45, 7) is 0. The lowest BCUT2D eigenvalue weighted by molar-refractivity contribution is 0.0590. The Morgan fingerprint density at radius 2 is 1.78 bits per heavy atom. The molecule has 1 fully saturated rings. The van der Waals surface area contributed by atoms with E-state index in [0.29, 0.717) is 5.76 Å². The molecule has 1 aliphatic rings. The van der Waals surface area contributed by atoms with E-state index >= 15 is 0 Å². The molecule has 0 radical (unpaired) electrons. The number of aliphatic hydroxyl groups excluding tert-OH is 1. The van der Waals surface area contributed by atoms with Gasteiger partial charge in [0, 0.05) is 0 Å². The van der Waals surface area contributed by atoms with Crippen LogP contribution in [0, 0.1) is 5.92 Å². The fourth-order valence-corrected chi connectivity index (χ4v) is 2.66. The highest BCUT2D eigenvalue weighted by Crippen LogP contribution is 2.33. The standard InChI is InChI=1S/C14H20O4/c15-13(10-6-4-2-1-3-5-7-10)11-8-9-12(18-11)14(16)17/h8-10,13,15H,1-7H2,(H,16,17). The molecule has 0 aliphatic heterocycles. The van der Waals surface area contributed by atoms with Crippen LogP contribution in [0.5, 0.6) is 0 Å². The van der Waals surface area contributed by atoms with Crippen molar-refractivity contribution in [2.75, 3.05) is 0 Å². The summed E-state index contributed by atoms with van der Waals surface area (Å²) in [5, 5.41) is 19.1. The van der Waals surface area contributed by atoms with Crippen molar-refractivity contribution in [3.05, 3.63) is 23.7 Å². The van der Waals surface area contributed by atoms with E-state index in [1.807, 2.05) is 0 Å². The summed E-state index contributed by atoms with van der Waals surface area (Å²) in [6.07, 6.45) is 7.31. The maximum absolute atomic E-state index is 10.7. The second-order valence-electron chi connectivity index (χ2n) is 5.06. The third-order valence-electron chi connectivity index (χ3n) is 3.73. The average molecular weight is 252 g/mol. The van der Waals surface area contributed by atoms with Crippen LogP contribution in [-0.2, 0) is 0 Å². The molecule has 1 unspecified atom stereocenters. The first kappa shape index (κ1) is 13.1. The second kappa shape index (κ2) is 6.05. The molecule has 1 atom stereocenters. The molecular weight excluding hydrogens is 232 g/mol. The number of carboxylic acid groups (broad SMARTS) is 1. The Labute approximate surface area is 107 Å². The van der Waals surface area contributed by atoms with Crippen molar-refractivity contribution in [1.82, 2.24) is 0 Å². The summed E-state index contributed by atoms with van der Waals surface area (Å²) < 4.78 is 5.18. The number of carbonyl (C=O) groups is 1. The highest BCUT2D eigenvalue weighted by Gasteiger charge is 2.25. The van der Waals surface area contributed by atoms with Gasteiger partial charge in [-0.3, -0.25) is 0 Å². The molecule has 4 heteroatoms. The topological polar surface area (TPSA) is 70.7 Å². The summed E-state index contributed by atoms with van der Waals surface area (Å²) in [4.78, 5) is 10.7. The van der Waals surface area contributed by atoms with E-state index in [1.165, 1.54) is 25.3 Å². The summed E-state index contributed by atoms with van der Waals surface area (Å²) in [5.41, 5.74) is 0. The van der Waals surface area contributed by atoms with Crippen molar-refractivity contribution in [3.8, 4) is 0 Å². The van der Waals surface area contributed by atoms with Gasteiger partial charge in [-0.05, 0) is 30.9 Å². The first-order chi connectivity index (χ1) is 8.68. The van der Waals surface area contributed by atoms with Gasteiger partial charge in [0.15, 0.2) is 0 Å². The zero-order valence-corrected chi connectivity index (χ0v) is 10.5. The predicted molar refractivity (Wildman–Crippen MR) is 66.4 cm³/mol. The highest BCUT2D eigenvalue weighted by molar-refractivity contribution is 5.84. The number of furan rings is 1. The van der Waals surface area contributed by atoms with Gasteiger partial charge in [0.05, 0.1) is 0 Å². The Kier molecular flexibility index (Phi) is 4.42. The summed E-state index contributed by atoms with van der Waals surface area (Å²) >= 11 is 0. The normalized spacial score (nSPS) is 20.1. The molecular formula is C14H20O4. The molecule has 2 rings (SSSR count). The fraction of sp³-hybridized carbons (Fsp3) is 0.643. The number of aromatic carboxylic acids is 1. The minimum atomic E-state index is -1.09. The minimum absolute atomic E-state index is 0.102. The van der Waals surface area contributed by atoms with Crippen LogP contribution >= 0.6 is 0 Å². The molecule has 2 N–H and O–H groups in total. The molecule has 1 heterocycles. The SMILES string of the molecule is O=C(O)c1ccc(C(O)C2CCCCCCC2)o1. The number of carboxylic acids is 1. The summed E-state index contributed by atoms with van der Waals surface area (Å²) in [6, 6.07) is 2.98. The Morgan fingerprint density at radius 1 is 1.17 bits per heavy atom. The number of aliphatic hydroxyl groups is 1. The molecule has 0 amide bonds. The Hall–Kier alpha value is -1.29. The monoisotopic (exact) mass is 252 g/mol. The van der Waals surface area contributed by atoms with E-state index in [1.54, 1.807) is 6.07 Å². The van der Waals surface area contributed by atoms with Gasteiger partial charge in [0.25, 0.3) is 0 Å². The second-order valence-corrected chi connectivity index (χ2v) is 5.06. The summed E-state index contributed by atoms with van der Waals surface area (Å²) in [7, 11) is 0. The van der Waals surface area contributed by atoms with Gasteiger partial charge < -0.3 is 14.6 Å².